The molecule has 1 rings (SSSR count). The standard InChI is InChI=1S/C11H22O2.C8H10AsNO5/c1-5-9(3)10(4)7-8-11(12)13-6-2;1-6(11)10-8-4-2-3-7(5-8)9(12,13)15-14/h9-10H,5-8H2,1-4H3;2-5,14H,1H3,(H,10,11)(H,12,13). The van der Waals surface area contributed by atoms with Gasteiger partial charge in [0, 0.05) is 6.42 Å². The van der Waals surface area contributed by atoms with Gasteiger partial charge in [-0.25, -0.2) is 0 Å². The molecule has 0 aliphatic heterocycles. The maximum atomic E-state index is 11.3. The zero-order chi connectivity index (χ0) is 21.7. The Balaban J connectivity index is 0.000000528. The third kappa shape index (κ3) is 10.7. The van der Waals surface area contributed by atoms with E-state index in [4.69, 9.17) is 9.99 Å². The number of benzene rings is 1. The first-order valence-electron chi connectivity index (χ1n) is 9.27. The molecule has 9 heteroatoms. The van der Waals surface area contributed by atoms with E-state index >= 15 is 0 Å². The summed E-state index contributed by atoms with van der Waals surface area (Å²) >= 11 is -4.83. The van der Waals surface area contributed by atoms with Crippen molar-refractivity contribution in [1.82, 2.24) is 0 Å². The van der Waals surface area contributed by atoms with Crippen LogP contribution in [0, 0.1) is 11.8 Å². The van der Waals surface area contributed by atoms with Gasteiger partial charge in [-0.2, -0.15) is 0 Å². The molecule has 1 amide bonds. The van der Waals surface area contributed by atoms with Gasteiger partial charge in [0.2, 0.25) is 0 Å². The van der Waals surface area contributed by atoms with Gasteiger partial charge in [-0.05, 0) is 25.2 Å². The van der Waals surface area contributed by atoms with E-state index in [1.165, 1.54) is 31.5 Å². The number of carbonyl (C=O) groups is 2. The molecule has 0 aliphatic rings. The fourth-order valence-corrected chi connectivity index (χ4v) is 3.68. The van der Waals surface area contributed by atoms with E-state index < -0.39 is 14.2 Å². The Bertz CT molecular complexity index is 665. The normalized spacial score (nSPS) is 14.7. The summed E-state index contributed by atoms with van der Waals surface area (Å²) in [6.45, 7) is 10.3. The number of hydrogen-bond donors (Lipinski definition) is 3. The third-order valence-electron chi connectivity index (χ3n) is 4.33. The van der Waals surface area contributed by atoms with Crippen LogP contribution in [0.2, 0.25) is 0 Å². The van der Waals surface area contributed by atoms with Gasteiger partial charge in [0.15, 0.2) is 0 Å². The molecule has 1 aromatic carbocycles. The van der Waals surface area contributed by atoms with E-state index in [-0.39, 0.29) is 16.2 Å². The average molecular weight is 461 g/mol. The Hall–Kier alpha value is -1.60. The predicted octanol–water partition coefficient (Wildman–Crippen LogP) is 2.72. The molecule has 0 radical (unpaired) electrons. The van der Waals surface area contributed by atoms with E-state index in [2.05, 4.69) is 30.0 Å². The Morgan fingerprint density at radius 3 is 2.36 bits per heavy atom. The van der Waals surface area contributed by atoms with Gasteiger partial charge in [0.25, 0.3) is 0 Å². The van der Waals surface area contributed by atoms with Crippen LogP contribution >= 0.6 is 0 Å². The number of esters is 1. The fraction of sp³-hybridized carbons (Fsp3) is 0.579. The van der Waals surface area contributed by atoms with Crippen molar-refractivity contribution in [3.05, 3.63) is 24.3 Å². The van der Waals surface area contributed by atoms with Crippen molar-refractivity contribution in [2.75, 3.05) is 11.9 Å². The third-order valence-corrected chi connectivity index (χ3v) is 6.75. The maximum Gasteiger partial charge on any atom is 0.305 e. The SMILES string of the molecule is CC(=O)Nc1cccc([As](=O)(O)OO)c1.CCOC(=O)CCC(C)C(C)CC. The second-order valence-corrected chi connectivity index (χ2v) is 10.1. The molecule has 3 N–H and O–H groups in total. The quantitative estimate of drug-likeness (QED) is 0.224. The Morgan fingerprint density at radius 1 is 1.21 bits per heavy atom. The number of rotatable bonds is 9. The first kappa shape index (κ1) is 26.4. The zero-order valence-corrected chi connectivity index (χ0v) is 19.1. The van der Waals surface area contributed by atoms with Crippen molar-refractivity contribution in [3.63, 3.8) is 0 Å². The molecule has 3 atom stereocenters. The van der Waals surface area contributed by atoms with Crippen LogP contribution in [0.3, 0.4) is 0 Å². The van der Waals surface area contributed by atoms with Crippen LogP contribution in [0.4, 0.5) is 5.69 Å². The second kappa shape index (κ2) is 13.6. The summed E-state index contributed by atoms with van der Waals surface area (Å²) in [5.41, 5.74) is 0.368. The minimum Gasteiger partial charge on any atom is -0.466 e. The number of carbonyl (C=O) groups excluding carboxylic acids is 2. The van der Waals surface area contributed by atoms with Crippen molar-refractivity contribution in [2.45, 2.75) is 53.9 Å². The average Bonchev–Trinajstić information content (AvgIpc) is 2.65. The van der Waals surface area contributed by atoms with Crippen molar-refractivity contribution in [1.29, 1.82) is 0 Å². The van der Waals surface area contributed by atoms with Gasteiger partial charge in [0.1, 0.15) is 0 Å². The molecule has 0 saturated heterocycles. The molecule has 28 heavy (non-hydrogen) atoms. The number of ether oxygens (including phenoxy) is 1. The summed E-state index contributed by atoms with van der Waals surface area (Å²) in [6, 6.07) is 5.64. The molecule has 0 aliphatic carbocycles. The fourth-order valence-electron chi connectivity index (χ4n) is 2.28. The molecule has 0 spiro atoms. The molecule has 0 heterocycles. The second-order valence-electron chi connectivity index (χ2n) is 6.54. The van der Waals surface area contributed by atoms with Crippen LogP contribution in [0.25, 0.3) is 0 Å². The summed E-state index contributed by atoms with van der Waals surface area (Å²) < 4.78 is 28.8. The molecule has 8 nitrogen and oxygen atoms in total. The first-order chi connectivity index (χ1) is 13.1. The Labute approximate surface area is 169 Å². The Kier molecular flexibility index (Phi) is 12.8. The van der Waals surface area contributed by atoms with Gasteiger partial charge >= 0.3 is 94.4 Å². The molecule has 1 aromatic rings. The van der Waals surface area contributed by atoms with E-state index in [0.29, 0.717) is 30.6 Å². The van der Waals surface area contributed by atoms with E-state index in [1.807, 2.05) is 6.92 Å². The maximum absolute atomic E-state index is 11.3. The van der Waals surface area contributed by atoms with Crippen LogP contribution in [-0.2, 0) is 21.9 Å². The van der Waals surface area contributed by atoms with Gasteiger partial charge < -0.3 is 4.74 Å². The van der Waals surface area contributed by atoms with Gasteiger partial charge in [-0.3, -0.25) is 4.79 Å². The topological polar surface area (TPSA) is 122 Å². The molecule has 160 valence electrons. The van der Waals surface area contributed by atoms with Crippen molar-refractivity contribution in [3.8, 4) is 0 Å². The summed E-state index contributed by atoms with van der Waals surface area (Å²) in [5, 5.41) is 10.7. The number of anilines is 1. The summed E-state index contributed by atoms with van der Waals surface area (Å²) in [7, 11) is 0. The number of hydrogen-bond acceptors (Lipinski definition) is 6. The number of nitrogens with one attached hydrogen (secondary N) is 1. The first-order valence-corrected chi connectivity index (χ1v) is 12.6. The van der Waals surface area contributed by atoms with E-state index in [1.54, 1.807) is 6.07 Å². The zero-order valence-electron chi connectivity index (χ0n) is 17.2. The minimum atomic E-state index is -4.83. The Morgan fingerprint density at radius 2 is 1.86 bits per heavy atom. The molecule has 0 aromatic heterocycles. The molecule has 0 saturated carbocycles. The summed E-state index contributed by atoms with van der Waals surface area (Å²) in [5.74, 6) is 0.971. The van der Waals surface area contributed by atoms with Crippen molar-refractivity contribution >= 4 is 36.1 Å². The number of amides is 1. The largest absolute Gasteiger partial charge is 0.466 e. The van der Waals surface area contributed by atoms with Crippen molar-refractivity contribution in [2.24, 2.45) is 11.8 Å². The molecule has 0 fully saturated rings. The van der Waals surface area contributed by atoms with Crippen LogP contribution in [0.15, 0.2) is 24.3 Å². The van der Waals surface area contributed by atoms with Crippen LogP contribution < -0.4 is 9.67 Å². The molecule has 3 unspecified atom stereocenters. The smallest absolute Gasteiger partial charge is 0.305 e. The van der Waals surface area contributed by atoms with E-state index in [9.17, 15) is 17.4 Å². The van der Waals surface area contributed by atoms with Gasteiger partial charge in [0.05, 0.1) is 6.61 Å². The summed E-state index contributed by atoms with van der Waals surface area (Å²) in [6.07, 6.45) is 2.71. The molecule has 0 bridgehead atoms. The summed E-state index contributed by atoms with van der Waals surface area (Å²) in [4.78, 5) is 21.8. The molecular weight excluding hydrogens is 429 g/mol. The van der Waals surface area contributed by atoms with Gasteiger partial charge in [-0.1, -0.05) is 27.2 Å². The predicted molar refractivity (Wildman–Crippen MR) is 107 cm³/mol. The molecular formula is C19H32AsNO7. The minimum absolute atomic E-state index is 0.0399. The van der Waals surface area contributed by atoms with Crippen LogP contribution in [0.1, 0.15) is 53.9 Å². The van der Waals surface area contributed by atoms with E-state index in [0.717, 1.165) is 6.42 Å². The van der Waals surface area contributed by atoms with Crippen LogP contribution in [0.5, 0.6) is 0 Å². The van der Waals surface area contributed by atoms with Crippen LogP contribution in [-0.4, -0.2) is 42.0 Å². The monoisotopic (exact) mass is 461 g/mol. The van der Waals surface area contributed by atoms with Gasteiger partial charge in [-0.15, -0.1) is 0 Å². The van der Waals surface area contributed by atoms with Crippen molar-refractivity contribution < 1.29 is 31.3 Å².